The van der Waals surface area contributed by atoms with E-state index in [1.807, 2.05) is 20.8 Å². The topological polar surface area (TPSA) is 62.4 Å². The van der Waals surface area contributed by atoms with Gasteiger partial charge < -0.3 is 20.7 Å². The zero-order chi connectivity index (χ0) is 13.1. The van der Waals surface area contributed by atoms with Gasteiger partial charge in [-0.05, 0) is 27.3 Å². The second kappa shape index (κ2) is 9.39. The molecule has 0 aromatic carbocycles. The van der Waals surface area contributed by atoms with E-state index in [1.54, 1.807) is 0 Å². The smallest absolute Gasteiger partial charge is 0.320 e. The van der Waals surface area contributed by atoms with Gasteiger partial charge in [-0.2, -0.15) is 0 Å². The zero-order valence-corrected chi connectivity index (χ0v) is 11.6. The molecule has 5 heteroatoms. The van der Waals surface area contributed by atoms with Crippen molar-refractivity contribution in [3.05, 3.63) is 0 Å². The number of likely N-dealkylation sites (N-methyl/N-ethyl adjacent to an activating group) is 1. The van der Waals surface area contributed by atoms with E-state index >= 15 is 0 Å². The summed E-state index contributed by atoms with van der Waals surface area (Å²) in [5.74, 6) is -0.204. The Labute approximate surface area is 105 Å². The van der Waals surface area contributed by atoms with Crippen LogP contribution < -0.4 is 16.0 Å². The van der Waals surface area contributed by atoms with E-state index in [1.165, 1.54) is 0 Å². The molecule has 17 heavy (non-hydrogen) atoms. The third kappa shape index (κ3) is 13.3. The van der Waals surface area contributed by atoms with Crippen molar-refractivity contribution in [1.82, 2.24) is 16.0 Å². The first-order chi connectivity index (χ1) is 7.95. The van der Waals surface area contributed by atoms with Gasteiger partial charge in [-0.15, -0.1) is 0 Å². The summed E-state index contributed by atoms with van der Waals surface area (Å²) in [6, 6.07) is 0. The lowest BCUT2D eigenvalue weighted by atomic mass is 10.2. The highest BCUT2D eigenvalue weighted by atomic mass is 16.6. The fraction of sp³-hybridized carbons (Fsp3) is 0.917. The molecule has 0 aromatic rings. The normalized spacial score (nSPS) is 11.5. The second-order valence-electron chi connectivity index (χ2n) is 4.87. The van der Waals surface area contributed by atoms with E-state index in [0.29, 0.717) is 0 Å². The summed E-state index contributed by atoms with van der Waals surface area (Å²) >= 11 is 0. The van der Waals surface area contributed by atoms with E-state index in [-0.39, 0.29) is 12.5 Å². The third-order valence-electron chi connectivity index (χ3n) is 1.90. The molecule has 0 radical (unpaired) electrons. The van der Waals surface area contributed by atoms with Crippen LogP contribution in [0.3, 0.4) is 0 Å². The SMILES string of the molecule is CCNCCNCCNCC(=O)OC(C)(C)C. The van der Waals surface area contributed by atoms with Gasteiger partial charge in [0.05, 0.1) is 6.54 Å². The minimum atomic E-state index is -0.400. The van der Waals surface area contributed by atoms with Gasteiger partial charge >= 0.3 is 5.97 Å². The summed E-state index contributed by atoms with van der Waals surface area (Å²) in [5.41, 5.74) is -0.400. The van der Waals surface area contributed by atoms with Gasteiger partial charge in [-0.25, -0.2) is 0 Å². The number of rotatable bonds is 9. The molecule has 0 heterocycles. The van der Waals surface area contributed by atoms with Gasteiger partial charge in [-0.1, -0.05) is 6.92 Å². The summed E-state index contributed by atoms with van der Waals surface area (Å²) in [6.45, 7) is 12.5. The second-order valence-corrected chi connectivity index (χ2v) is 4.87. The standard InChI is InChI=1S/C12H27N3O2/c1-5-13-6-7-14-8-9-15-10-11(16)17-12(2,3)4/h13-15H,5-10H2,1-4H3. The molecule has 0 fully saturated rings. The third-order valence-corrected chi connectivity index (χ3v) is 1.90. The molecule has 0 aliphatic rings. The van der Waals surface area contributed by atoms with Gasteiger partial charge in [0.25, 0.3) is 0 Å². The summed E-state index contributed by atoms with van der Waals surface area (Å²) < 4.78 is 5.17. The Morgan fingerprint density at radius 1 is 1.00 bits per heavy atom. The van der Waals surface area contributed by atoms with Crippen LogP contribution in [0, 0.1) is 0 Å². The maximum atomic E-state index is 11.3. The molecule has 0 spiro atoms. The van der Waals surface area contributed by atoms with Gasteiger partial charge in [0.1, 0.15) is 5.60 Å². The van der Waals surface area contributed by atoms with Gasteiger partial charge in [0.15, 0.2) is 0 Å². The van der Waals surface area contributed by atoms with Crippen molar-refractivity contribution in [1.29, 1.82) is 0 Å². The number of ether oxygens (including phenoxy) is 1. The number of hydrogen-bond donors (Lipinski definition) is 3. The largest absolute Gasteiger partial charge is 0.459 e. The quantitative estimate of drug-likeness (QED) is 0.398. The van der Waals surface area contributed by atoms with Crippen molar-refractivity contribution in [3.63, 3.8) is 0 Å². The molecule has 0 aliphatic heterocycles. The molecule has 3 N–H and O–H groups in total. The van der Waals surface area contributed by atoms with Crippen molar-refractivity contribution in [2.75, 3.05) is 39.3 Å². The Kier molecular flexibility index (Phi) is 9.03. The van der Waals surface area contributed by atoms with Crippen molar-refractivity contribution < 1.29 is 9.53 Å². The van der Waals surface area contributed by atoms with E-state index in [2.05, 4.69) is 22.9 Å². The van der Waals surface area contributed by atoms with E-state index in [9.17, 15) is 4.79 Å². The Morgan fingerprint density at radius 3 is 2.06 bits per heavy atom. The highest BCUT2D eigenvalue weighted by Crippen LogP contribution is 2.05. The predicted molar refractivity (Wildman–Crippen MR) is 70.1 cm³/mol. The van der Waals surface area contributed by atoms with Gasteiger partial charge in [0, 0.05) is 26.2 Å². The molecule has 0 aliphatic carbocycles. The average molecular weight is 245 g/mol. The number of carbonyl (C=O) groups excluding carboxylic acids is 1. The average Bonchev–Trinajstić information content (AvgIpc) is 2.19. The number of hydrogen-bond acceptors (Lipinski definition) is 5. The fourth-order valence-electron chi connectivity index (χ4n) is 1.22. The molecule has 0 unspecified atom stereocenters. The lowest BCUT2D eigenvalue weighted by Gasteiger charge is -2.19. The fourth-order valence-corrected chi connectivity index (χ4v) is 1.22. The van der Waals surface area contributed by atoms with Crippen molar-refractivity contribution in [2.45, 2.75) is 33.3 Å². The molecule has 0 amide bonds. The first kappa shape index (κ1) is 16.4. The number of esters is 1. The number of carbonyl (C=O) groups is 1. The summed E-state index contributed by atoms with van der Waals surface area (Å²) in [6.07, 6.45) is 0. The van der Waals surface area contributed by atoms with Crippen LogP contribution in [0.4, 0.5) is 0 Å². The van der Waals surface area contributed by atoms with Crippen LogP contribution in [0.25, 0.3) is 0 Å². The van der Waals surface area contributed by atoms with Crippen molar-refractivity contribution >= 4 is 5.97 Å². The molecule has 5 nitrogen and oxygen atoms in total. The van der Waals surface area contributed by atoms with E-state index < -0.39 is 5.60 Å². The first-order valence-electron chi connectivity index (χ1n) is 6.29. The molecule has 0 saturated heterocycles. The van der Waals surface area contributed by atoms with Gasteiger partial charge in [0.2, 0.25) is 0 Å². The van der Waals surface area contributed by atoms with Crippen LogP contribution in [0.5, 0.6) is 0 Å². The molecule has 0 saturated carbocycles. The van der Waals surface area contributed by atoms with E-state index in [0.717, 1.165) is 32.7 Å². The molecular formula is C12H27N3O2. The summed E-state index contributed by atoms with van der Waals surface area (Å²) in [5, 5.41) is 9.53. The van der Waals surface area contributed by atoms with E-state index in [4.69, 9.17) is 4.74 Å². The van der Waals surface area contributed by atoms with Crippen molar-refractivity contribution in [2.24, 2.45) is 0 Å². The first-order valence-corrected chi connectivity index (χ1v) is 6.29. The number of nitrogens with one attached hydrogen (secondary N) is 3. The summed E-state index contributed by atoms with van der Waals surface area (Å²) in [7, 11) is 0. The Morgan fingerprint density at radius 2 is 1.53 bits per heavy atom. The molecule has 0 bridgehead atoms. The molecular weight excluding hydrogens is 218 g/mol. The molecule has 0 rings (SSSR count). The van der Waals surface area contributed by atoms with Crippen LogP contribution in [0.15, 0.2) is 0 Å². The van der Waals surface area contributed by atoms with Crippen LogP contribution in [0.1, 0.15) is 27.7 Å². The zero-order valence-electron chi connectivity index (χ0n) is 11.6. The lowest BCUT2D eigenvalue weighted by Crippen LogP contribution is -2.36. The van der Waals surface area contributed by atoms with Crippen molar-refractivity contribution in [3.8, 4) is 0 Å². The highest BCUT2D eigenvalue weighted by Gasteiger charge is 2.15. The molecule has 102 valence electrons. The minimum absolute atomic E-state index is 0.204. The summed E-state index contributed by atoms with van der Waals surface area (Å²) in [4.78, 5) is 11.3. The highest BCUT2D eigenvalue weighted by molar-refractivity contribution is 5.72. The van der Waals surface area contributed by atoms with Crippen LogP contribution in [0.2, 0.25) is 0 Å². The van der Waals surface area contributed by atoms with Gasteiger partial charge in [-0.3, -0.25) is 4.79 Å². The monoisotopic (exact) mass is 245 g/mol. The minimum Gasteiger partial charge on any atom is -0.459 e. The van der Waals surface area contributed by atoms with Crippen LogP contribution >= 0.6 is 0 Å². The lowest BCUT2D eigenvalue weighted by molar-refractivity contribution is -0.153. The predicted octanol–water partition coefficient (Wildman–Crippen LogP) is 0.117. The van der Waals surface area contributed by atoms with Crippen LogP contribution in [-0.2, 0) is 9.53 Å². The Bertz CT molecular complexity index is 202. The maximum Gasteiger partial charge on any atom is 0.320 e. The maximum absolute atomic E-state index is 11.3. The Hall–Kier alpha value is -0.650. The van der Waals surface area contributed by atoms with Crippen LogP contribution in [-0.4, -0.2) is 50.8 Å². The Balaban J connectivity index is 3.25. The molecule has 0 atom stereocenters. The molecule has 0 aromatic heterocycles.